The van der Waals surface area contributed by atoms with Gasteiger partial charge in [0.1, 0.15) is 18.2 Å². The lowest BCUT2D eigenvalue weighted by Crippen LogP contribution is -2.31. The molecule has 0 amide bonds. The van der Waals surface area contributed by atoms with Crippen molar-refractivity contribution < 1.29 is 23.4 Å². The number of pyridine rings is 1. The molecule has 0 aliphatic carbocycles. The summed E-state index contributed by atoms with van der Waals surface area (Å²) in [5.74, 6) is 0.468. The third-order valence-electron chi connectivity index (χ3n) is 7.98. The third kappa shape index (κ3) is 5.40. The number of hydrogen-bond acceptors (Lipinski definition) is 6. The highest BCUT2D eigenvalue weighted by atomic mass is 35.5. The first-order chi connectivity index (χ1) is 21.5. The lowest BCUT2D eigenvalue weighted by Gasteiger charge is -2.27. The van der Waals surface area contributed by atoms with Crippen LogP contribution in [0.2, 0.25) is 5.02 Å². The fraction of sp³-hybridized carbons (Fsp3) is 0.206. The van der Waals surface area contributed by atoms with Crippen molar-refractivity contribution in [3.8, 4) is 17.1 Å². The van der Waals surface area contributed by atoms with Crippen LogP contribution >= 0.6 is 11.6 Å². The summed E-state index contributed by atoms with van der Waals surface area (Å²) in [6.45, 7) is 1.44. The molecule has 3 aromatic heterocycles. The molecule has 0 saturated carbocycles. The van der Waals surface area contributed by atoms with Crippen molar-refractivity contribution in [1.82, 2.24) is 19.5 Å². The monoisotopic (exact) mass is 610 g/mol. The van der Waals surface area contributed by atoms with Crippen LogP contribution in [0, 0.1) is 5.82 Å². The van der Waals surface area contributed by atoms with Crippen LogP contribution in [0.5, 0.6) is 5.88 Å². The molecule has 6 aromatic rings. The number of benzene rings is 3. The summed E-state index contributed by atoms with van der Waals surface area (Å²) >= 11 is 5.87. The standard InChI is InChI=1S/C34H28ClFN4O4/c1-42-34(41)21-7-10-29-30(15-21)40(18-24-12-14-43-24)31(38-29)16-20-6-9-26(33-25(20)11-13-37-33)28-3-2-4-32(39-28)44-19-22-5-8-23(35)17-27(22)36/h2-11,13,15,17,24,37H,12,14,16,18-19H2,1H3/t24-/m0/s1. The Kier molecular flexibility index (Phi) is 7.49. The molecule has 1 fully saturated rings. The van der Waals surface area contributed by atoms with Crippen LogP contribution in [0.3, 0.4) is 0 Å². The van der Waals surface area contributed by atoms with Crippen LogP contribution < -0.4 is 4.74 Å². The number of aromatic amines is 1. The number of esters is 1. The largest absolute Gasteiger partial charge is 0.473 e. The molecule has 4 heterocycles. The minimum Gasteiger partial charge on any atom is -0.473 e. The van der Waals surface area contributed by atoms with E-state index < -0.39 is 5.82 Å². The highest BCUT2D eigenvalue weighted by molar-refractivity contribution is 6.30. The second-order valence-corrected chi connectivity index (χ2v) is 11.2. The number of rotatable bonds is 9. The van der Waals surface area contributed by atoms with Gasteiger partial charge in [-0.3, -0.25) is 0 Å². The molecule has 1 N–H and O–H groups in total. The number of imidazole rings is 1. The molecule has 8 nitrogen and oxygen atoms in total. The zero-order valence-corrected chi connectivity index (χ0v) is 24.6. The van der Waals surface area contributed by atoms with Crippen molar-refractivity contribution in [2.24, 2.45) is 0 Å². The van der Waals surface area contributed by atoms with Gasteiger partial charge in [0.05, 0.1) is 47.6 Å². The van der Waals surface area contributed by atoms with Gasteiger partial charge in [0, 0.05) is 46.8 Å². The molecule has 222 valence electrons. The van der Waals surface area contributed by atoms with E-state index in [1.807, 2.05) is 36.5 Å². The Bertz CT molecular complexity index is 2020. The van der Waals surface area contributed by atoms with E-state index in [0.717, 1.165) is 57.6 Å². The molecule has 0 spiro atoms. The summed E-state index contributed by atoms with van der Waals surface area (Å²) in [5, 5.41) is 1.38. The van der Waals surface area contributed by atoms with Crippen molar-refractivity contribution in [1.29, 1.82) is 0 Å². The van der Waals surface area contributed by atoms with E-state index in [1.165, 1.54) is 13.2 Å². The van der Waals surface area contributed by atoms with Crippen LogP contribution in [-0.4, -0.2) is 45.3 Å². The number of fused-ring (bicyclic) bond motifs is 2. The predicted molar refractivity (Wildman–Crippen MR) is 166 cm³/mol. The van der Waals surface area contributed by atoms with Crippen molar-refractivity contribution in [2.75, 3.05) is 13.7 Å². The smallest absolute Gasteiger partial charge is 0.337 e. The first kappa shape index (κ1) is 28.1. The maximum absolute atomic E-state index is 14.2. The Balaban J connectivity index is 1.19. The summed E-state index contributed by atoms with van der Waals surface area (Å²) in [7, 11) is 1.38. The average molecular weight is 611 g/mol. The van der Waals surface area contributed by atoms with Gasteiger partial charge in [0.25, 0.3) is 0 Å². The van der Waals surface area contributed by atoms with Crippen LogP contribution in [0.25, 0.3) is 33.2 Å². The first-order valence-electron chi connectivity index (χ1n) is 14.3. The summed E-state index contributed by atoms with van der Waals surface area (Å²) in [6.07, 6.45) is 3.58. The number of carbonyl (C=O) groups excluding carboxylic acids is 1. The van der Waals surface area contributed by atoms with Gasteiger partial charge in [-0.2, -0.15) is 0 Å². The normalized spacial score (nSPS) is 14.6. The van der Waals surface area contributed by atoms with Crippen molar-refractivity contribution >= 4 is 39.5 Å². The second-order valence-electron chi connectivity index (χ2n) is 10.7. The highest BCUT2D eigenvalue weighted by Crippen LogP contribution is 2.32. The van der Waals surface area contributed by atoms with Gasteiger partial charge in [-0.15, -0.1) is 0 Å². The van der Waals surface area contributed by atoms with E-state index in [0.29, 0.717) is 35.0 Å². The Morgan fingerprint density at radius 2 is 1.95 bits per heavy atom. The summed E-state index contributed by atoms with van der Waals surface area (Å²) in [6, 6.07) is 21.7. The Hall–Kier alpha value is -4.73. The molecule has 1 saturated heterocycles. The van der Waals surface area contributed by atoms with Gasteiger partial charge >= 0.3 is 5.97 Å². The lowest BCUT2D eigenvalue weighted by atomic mass is 10.0. The fourth-order valence-corrected chi connectivity index (χ4v) is 5.74. The molecule has 1 aliphatic rings. The number of halogens is 2. The number of H-pyrrole nitrogens is 1. The zero-order chi connectivity index (χ0) is 30.2. The van der Waals surface area contributed by atoms with Crippen molar-refractivity contribution in [3.05, 3.63) is 112 Å². The number of methoxy groups -OCH3 is 1. The lowest BCUT2D eigenvalue weighted by molar-refractivity contribution is -0.0589. The molecule has 0 bridgehead atoms. The first-order valence-corrected chi connectivity index (χ1v) is 14.7. The molecule has 1 atom stereocenters. The Labute approximate surface area is 257 Å². The van der Waals surface area contributed by atoms with Gasteiger partial charge in [-0.05, 0) is 54.4 Å². The Morgan fingerprint density at radius 1 is 1.09 bits per heavy atom. The molecule has 0 unspecified atom stereocenters. The topological polar surface area (TPSA) is 91.3 Å². The van der Waals surface area contributed by atoms with E-state index >= 15 is 0 Å². The molecular formula is C34H28ClFN4O4. The minimum atomic E-state index is -0.421. The van der Waals surface area contributed by atoms with Gasteiger partial charge in [0.2, 0.25) is 5.88 Å². The van der Waals surface area contributed by atoms with Crippen LogP contribution in [-0.2, 0) is 29.0 Å². The van der Waals surface area contributed by atoms with Gasteiger partial charge in [0.15, 0.2) is 0 Å². The average Bonchev–Trinajstić information content (AvgIpc) is 3.63. The van der Waals surface area contributed by atoms with Crippen molar-refractivity contribution in [3.63, 3.8) is 0 Å². The van der Waals surface area contributed by atoms with E-state index in [4.69, 9.17) is 35.8 Å². The molecular weight excluding hydrogens is 583 g/mol. The number of hydrogen-bond donors (Lipinski definition) is 1. The minimum absolute atomic E-state index is 0.0321. The fourth-order valence-electron chi connectivity index (χ4n) is 5.58. The quantitative estimate of drug-likeness (QED) is 0.175. The van der Waals surface area contributed by atoms with Crippen LogP contribution in [0.1, 0.15) is 33.7 Å². The molecule has 0 radical (unpaired) electrons. The Morgan fingerprint density at radius 3 is 2.75 bits per heavy atom. The third-order valence-corrected chi connectivity index (χ3v) is 8.22. The van der Waals surface area contributed by atoms with Gasteiger partial charge < -0.3 is 23.8 Å². The molecule has 1 aliphatic heterocycles. The zero-order valence-electron chi connectivity index (χ0n) is 23.8. The van der Waals surface area contributed by atoms with Gasteiger partial charge in [-0.1, -0.05) is 35.9 Å². The second kappa shape index (κ2) is 11.7. The maximum atomic E-state index is 14.2. The van der Waals surface area contributed by atoms with Crippen LogP contribution in [0.15, 0.2) is 79.0 Å². The SMILES string of the molecule is COC(=O)c1ccc2nc(Cc3ccc(-c4cccc(OCc5ccc(Cl)cc5F)n4)c4[nH]ccc34)n(C[C@@H]3CCO3)c2c1. The number of nitrogens with zero attached hydrogens (tertiary/aromatic N) is 3. The summed E-state index contributed by atoms with van der Waals surface area (Å²) < 4.78 is 32.9. The summed E-state index contributed by atoms with van der Waals surface area (Å²) in [4.78, 5) is 25.3. The predicted octanol–water partition coefficient (Wildman–Crippen LogP) is 7.12. The van der Waals surface area contributed by atoms with E-state index in [1.54, 1.807) is 24.3 Å². The van der Waals surface area contributed by atoms with Gasteiger partial charge in [-0.25, -0.2) is 19.2 Å². The maximum Gasteiger partial charge on any atom is 0.337 e. The van der Waals surface area contributed by atoms with E-state index in [9.17, 15) is 9.18 Å². The number of aromatic nitrogens is 4. The highest BCUT2D eigenvalue weighted by Gasteiger charge is 2.23. The number of nitrogens with one attached hydrogen (secondary N) is 1. The molecule has 44 heavy (non-hydrogen) atoms. The molecule has 3 aromatic carbocycles. The molecule has 10 heteroatoms. The van der Waals surface area contributed by atoms with Crippen LogP contribution in [0.4, 0.5) is 4.39 Å². The van der Waals surface area contributed by atoms with Crippen molar-refractivity contribution in [2.45, 2.75) is 32.1 Å². The van der Waals surface area contributed by atoms with E-state index in [-0.39, 0.29) is 18.7 Å². The van der Waals surface area contributed by atoms with E-state index in [2.05, 4.69) is 21.7 Å². The summed E-state index contributed by atoms with van der Waals surface area (Å²) in [5.41, 5.74) is 6.24. The number of ether oxygens (including phenoxy) is 3. The molecule has 7 rings (SSSR count). The number of carbonyl (C=O) groups is 1.